The van der Waals surface area contributed by atoms with Gasteiger partial charge in [-0.1, -0.05) is 111 Å². The zero-order valence-corrected chi connectivity index (χ0v) is 30.8. The van der Waals surface area contributed by atoms with Crippen LogP contribution in [0.4, 0.5) is 0 Å². The van der Waals surface area contributed by atoms with E-state index in [1.807, 2.05) is 11.3 Å². The van der Waals surface area contributed by atoms with Crippen LogP contribution < -0.4 is 0 Å². The summed E-state index contributed by atoms with van der Waals surface area (Å²) in [5, 5.41) is 7.86. The number of thiophene rings is 1. The van der Waals surface area contributed by atoms with Gasteiger partial charge in [0.1, 0.15) is 0 Å². The molecule has 3 aromatic heterocycles. The molecule has 0 atom stereocenters. The van der Waals surface area contributed by atoms with Crippen LogP contribution in [0.1, 0.15) is 25.0 Å². The molecule has 12 rings (SSSR count). The Kier molecular flexibility index (Phi) is 6.03. The third-order valence-electron chi connectivity index (χ3n) is 12.1. The van der Waals surface area contributed by atoms with E-state index in [1.54, 1.807) is 0 Å². The van der Waals surface area contributed by atoms with Crippen LogP contribution >= 0.6 is 11.3 Å². The fraction of sp³-hybridized carbons (Fsp3) is 0.0588. The van der Waals surface area contributed by atoms with Gasteiger partial charge in [0.25, 0.3) is 0 Å². The van der Waals surface area contributed by atoms with E-state index in [4.69, 9.17) is 0 Å². The minimum Gasteiger partial charge on any atom is -0.309 e. The molecule has 3 heterocycles. The van der Waals surface area contributed by atoms with Crippen LogP contribution in [-0.2, 0) is 5.41 Å². The average Bonchev–Trinajstić information content (AvgIpc) is 3.92. The van der Waals surface area contributed by atoms with Crippen molar-refractivity contribution in [2.75, 3.05) is 0 Å². The van der Waals surface area contributed by atoms with E-state index in [9.17, 15) is 0 Å². The van der Waals surface area contributed by atoms with Gasteiger partial charge in [-0.3, -0.25) is 0 Å². The summed E-state index contributed by atoms with van der Waals surface area (Å²) < 4.78 is 7.58. The zero-order valence-electron chi connectivity index (χ0n) is 30.0. The van der Waals surface area contributed by atoms with Crippen LogP contribution in [0.3, 0.4) is 0 Å². The standard InChI is InChI=1S/C51H34N2S/c1-51(2)42-30-34(22-23-35(42)38-24-27-48-49(50(38)51)39-16-8-11-19-47(39)54-48)53-44-18-10-7-15-37(44)41-29-32(21-26-46(41)53)31-20-25-45-40(28-31)36-14-6-9-17-43(36)52(45)33-12-4-3-5-13-33/h3-30H,1-2H3. The Bertz CT molecular complexity index is 3350. The van der Waals surface area contributed by atoms with E-state index >= 15 is 0 Å². The summed E-state index contributed by atoms with van der Waals surface area (Å²) >= 11 is 1.91. The van der Waals surface area contributed by atoms with Crippen LogP contribution in [0, 0.1) is 0 Å². The number of hydrogen-bond donors (Lipinski definition) is 0. The lowest BCUT2D eigenvalue weighted by molar-refractivity contribution is 0.666. The Balaban J connectivity index is 1.02. The lowest BCUT2D eigenvalue weighted by Gasteiger charge is -2.23. The van der Waals surface area contributed by atoms with Crippen molar-refractivity contribution >= 4 is 75.1 Å². The van der Waals surface area contributed by atoms with Crippen LogP contribution in [0.5, 0.6) is 0 Å². The van der Waals surface area contributed by atoms with Crippen LogP contribution in [0.25, 0.3) is 97.4 Å². The SMILES string of the molecule is CC1(C)c2cc(-n3c4ccccc4c4cc(-c5ccc6c(c5)c5ccccc5n6-c5ccccc5)ccc43)ccc2-c2ccc3sc4ccccc4c3c21. The van der Waals surface area contributed by atoms with E-state index in [0.717, 1.165) is 0 Å². The molecule has 0 radical (unpaired) electrons. The molecule has 0 saturated carbocycles. The summed E-state index contributed by atoms with van der Waals surface area (Å²) in [4.78, 5) is 0. The first-order valence-corrected chi connectivity index (χ1v) is 19.6. The molecule has 0 fully saturated rings. The quantitative estimate of drug-likeness (QED) is 0.173. The molecular weight excluding hydrogens is 673 g/mol. The van der Waals surface area contributed by atoms with Gasteiger partial charge in [0, 0.05) is 58.5 Å². The number of aromatic nitrogens is 2. The molecule has 1 aliphatic carbocycles. The van der Waals surface area contributed by atoms with Gasteiger partial charge in [0.05, 0.1) is 22.1 Å². The Morgan fingerprint density at radius 1 is 0.407 bits per heavy atom. The maximum atomic E-state index is 2.47. The van der Waals surface area contributed by atoms with Gasteiger partial charge < -0.3 is 9.13 Å². The maximum absolute atomic E-state index is 2.47. The molecule has 254 valence electrons. The van der Waals surface area contributed by atoms with E-state index in [1.165, 1.54) is 109 Å². The van der Waals surface area contributed by atoms with Crippen molar-refractivity contribution < 1.29 is 0 Å². The summed E-state index contributed by atoms with van der Waals surface area (Å²) in [6.07, 6.45) is 0. The molecule has 54 heavy (non-hydrogen) atoms. The predicted octanol–water partition coefficient (Wildman–Crippen LogP) is 14.2. The molecule has 0 amide bonds. The highest BCUT2D eigenvalue weighted by molar-refractivity contribution is 7.25. The van der Waals surface area contributed by atoms with Gasteiger partial charge in [-0.2, -0.15) is 0 Å². The fourth-order valence-corrected chi connectivity index (χ4v) is 10.8. The van der Waals surface area contributed by atoms with Gasteiger partial charge in [-0.25, -0.2) is 0 Å². The number of hydrogen-bond acceptors (Lipinski definition) is 1. The van der Waals surface area contributed by atoms with Gasteiger partial charge in [-0.05, 0) is 106 Å². The largest absolute Gasteiger partial charge is 0.309 e. The number of nitrogens with zero attached hydrogens (tertiary/aromatic N) is 2. The van der Waals surface area contributed by atoms with Crippen molar-refractivity contribution in [2.45, 2.75) is 19.3 Å². The molecule has 0 spiro atoms. The molecule has 0 bridgehead atoms. The molecule has 8 aromatic carbocycles. The minimum absolute atomic E-state index is 0.141. The summed E-state index contributed by atoms with van der Waals surface area (Å²) in [5.41, 5.74) is 15.2. The van der Waals surface area contributed by atoms with Crippen molar-refractivity contribution in [3.05, 3.63) is 181 Å². The molecular formula is C51H34N2S. The molecule has 1 aliphatic rings. The Morgan fingerprint density at radius 2 is 0.963 bits per heavy atom. The lowest BCUT2D eigenvalue weighted by Crippen LogP contribution is -2.15. The Morgan fingerprint density at radius 3 is 1.65 bits per heavy atom. The zero-order chi connectivity index (χ0) is 35.7. The van der Waals surface area contributed by atoms with Gasteiger partial charge in [0.2, 0.25) is 0 Å². The summed E-state index contributed by atoms with van der Waals surface area (Å²) in [6, 6.07) is 63.1. The van der Waals surface area contributed by atoms with E-state index in [2.05, 4.69) is 193 Å². The third-order valence-corrected chi connectivity index (χ3v) is 13.2. The first-order chi connectivity index (χ1) is 26.5. The van der Waals surface area contributed by atoms with Crippen molar-refractivity contribution in [2.24, 2.45) is 0 Å². The van der Waals surface area contributed by atoms with Gasteiger partial charge in [-0.15, -0.1) is 11.3 Å². The number of benzene rings is 8. The number of fused-ring (bicyclic) bond motifs is 13. The topological polar surface area (TPSA) is 9.86 Å². The fourth-order valence-electron chi connectivity index (χ4n) is 9.69. The van der Waals surface area contributed by atoms with Crippen LogP contribution in [0.15, 0.2) is 170 Å². The summed E-state index contributed by atoms with van der Waals surface area (Å²) in [7, 11) is 0. The van der Waals surface area contributed by atoms with Crippen molar-refractivity contribution in [1.29, 1.82) is 0 Å². The molecule has 0 saturated heterocycles. The lowest BCUT2D eigenvalue weighted by atomic mass is 9.80. The molecule has 3 heteroatoms. The van der Waals surface area contributed by atoms with Gasteiger partial charge in [0.15, 0.2) is 0 Å². The molecule has 0 N–H and O–H groups in total. The number of rotatable bonds is 3. The van der Waals surface area contributed by atoms with Crippen molar-refractivity contribution in [1.82, 2.24) is 9.13 Å². The normalized spacial score (nSPS) is 13.5. The van der Waals surface area contributed by atoms with Crippen LogP contribution in [-0.4, -0.2) is 9.13 Å². The summed E-state index contributed by atoms with van der Waals surface area (Å²) in [6.45, 7) is 4.83. The predicted molar refractivity (Wildman–Crippen MR) is 231 cm³/mol. The first kappa shape index (κ1) is 30.1. The third kappa shape index (κ3) is 4.00. The summed E-state index contributed by atoms with van der Waals surface area (Å²) in [5.74, 6) is 0. The van der Waals surface area contributed by atoms with Crippen molar-refractivity contribution in [3.63, 3.8) is 0 Å². The highest BCUT2D eigenvalue weighted by Gasteiger charge is 2.38. The minimum atomic E-state index is -0.141. The molecule has 0 aliphatic heterocycles. The second-order valence-corrected chi connectivity index (χ2v) is 16.4. The highest BCUT2D eigenvalue weighted by Crippen LogP contribution is 2.54. The highest BCUT2D eigenvalue weighted by atomic mass is 32.1. The van der Waals surface area contributed by atoms with Gasteiger partial charge >= 0.3 is 0 Å². The van der Waals surface area contributed by atoms with E-state index in [-0.39, 0.29) is 5.41 Å². The first-order valence-electron chi connectivity index (χ1n) is 18.8. The molecule has 0 unspecified atom stereocenters. The van der Waals surface area contributed by atoms with Crippen molar-refractivity contribution in [3.8, 4) is 33.6 Å². The maximum Gasteiger partial charge on any atom is 0.0541 e. The van der Waals surface area contributed by atoms with Crippen LogP contribution in [0.2, 0.25) is 0 Å². The number of para-hydroxylation sites is 3. The monoisotopic (exact) mass is 706 g/mol. The molecule has 2 nitrogen and oxygen atoms in total. The average molecular weight is 707 g/mol. The van der Waals surface area contributed by atoms with E-state index in [0.29, 0.717) is 0 Å². The van der Waals surface area contributed by atoms with E-state index < -0.39 is 0 Å². The second-order valence-electron chi connectivity index (χ2n) is 15.3. The second kappa shape index (κ2) is 10.8. The Labute approximate surface area is 316 Å². The molecule has 11 aromatic rings. The Hall–Kier alpha value is -6.42. The smallest absolute Gasteiger partial charge is 0.0541 e.